The number of cyclic esters (lactones) is 1. The summed E-state index contributed by atoms with van der Waals surface area (Å²) in [6.07, 6.45) is 8.18. The Morgan fingerprint density at radius 3 is 3.11 bits per heavy atom. The molecule has 1 saturated heterocycles. The lowest BCUT2D eigenvalue weighted by atomic mass is 9.98. The number of nitrogens with zero attached hydrogens (tertiary/aromatic N) is 2. The molecule has 1 aromatic rings. The van der Waals surface area contributed by atoms with Crippen LogP contribution in [0.25, 0.3) is 0 Å². The molecule has 0 aliphatic carbocycles. The maximum absolute atomic E-state index is 11.7. The first-order chi connectivity index (χ1) is 9.29. The molecule has 1 N–H and O–H groups in total. The summed E-state index contributed by atoms with van der Waals surface area (Å²) in [7, 11) is 0. The number of aromatic amines is 1. The van der Waals surface area contributed by atoms with Crippen molar-refractivity contribution < 1.29 is 9.53 Å². The van der Waals surface area contributed by atoms with E-state index in [4.69, 9.17) is 4.74 Å². The molecule has 0 saturated carbocycles. The molecule has 0 aromatic carbocycles. The average molecular weight is 283 g/mol. The summed E-state index contributed by atoms with van der Waals surface area (Å²) in [5, 5.41) is 7.36. The van der Waals surface area contributed by atoms with Gasteiger partial charge >= 0.3 is 5.97 Å². The van der Waals surface area contributed by atoms with E-state index in [1.807, 2.05) is 0 Å². The minimum absolute atomic E-state index is 0.0142. The van der Waals surface area contributed by atoms with Gasteiger partial charge in [-0.1, -0.05) is 44.4 Å². The lowest BCUT2D eigenvalue weighted by Crippen LogP contribution is -2.09. The van der Waals surface area contributed by atoms with Gasteiger partial charge in [-0.2, -0.15) is 5.10 Å². The van der Waals surface area contributed by atoms with Crippen LogP contribution in [0.1, 0.15) is 45.4 Å². The van der Waals surface area contributed by atoms with Gasteiger partial charge in [0.2, 0.25) is 0 Å². The highest BCUT2D eigenvalue weighted by Gasteiger charge is 2.33. The second kappa shape index (κ2) is 7.53. The molecule has 2 atom stereocenters. The van der Waals surface area contributed by atoms with Crippen LogP contribution < -0.4 is 0 Å². The molecule has 0 spiro atoms. The van der Waals surface area contributed by atoms with Crippen LogP contribution in [0.4, 0.5) is 0 Å². The molecule has 1 aliphatic heterocycles. The molecule has 2 heterocycles. The molecule has 1 aromatic heterocycles. The third-order valence-corrected chi connectivity index (χ3v) is 4.38. The van der Waals surface area contributed by atoms with Gasteiger partial charge in [0.1, 0.15) is 12.4 Å². The second-order valence-electron chi connectivity index (χ2n) is 4.94. The van der Waals surface area contributed by atoms with Gasteiger partial charge in [0.25, 0.3) is 0 Å². The van der Waals surface area contributed by atoms with Crippen molar-refractivity contribution in [3.8, 4) is 0 Å². The Morgan fingerprint density at radius 2 is 2.37 bits per heavy atom. The van der Waals surface area contributed by atoms with Crippen LogP contribution in [0.3, 0.4) is 0 Å². The number of carbonyl (C=O) groups excluding carboxylic acids is 1. The largest absolute Gasteiger partial charge is 0.461 e. The molecule has 1 fully saturated rings. The topological polar surface area (TPSA) is 67.9 Å². The fraction of sp³-hybridized carbons (Fsp3) is 0.769. The number of thioether (sulfide) groups is 1. The van der Waals surface area contributed by atoms with Crippen LogP contribution in [0.15, 0.2) is 11.5 Å². The lowest BCUT2D eigenvalue weighted by Gasteiger charge is -2.06. The van der Waals surface area contributed by atoms with Crippen LogP contribution in [0.2, 0.25) is 0 Å². The number of hydrogen-bond donors (Lipinski definition) is 1. The SMILES string of the molecule is CCCCCC[C@@H]1C[C@H](CSc2ncn[nH]2)OC1=O. The number of esters is 1. The Hall–Kier alpha value is -1.04. The summed E-state index contributed by atoms with van der Waals surface area (Å²) < 4.78 is 5.41. The molecule has 1 aliphatic rings. The summed E-state index contributed by atoms with van der Waals surface area (Å²) in [5.41, 5.74) is 0. The monoisotopic (exact) mass is 283 g/mol. The smallest absolute Gasteiger partial charge is 0.309 e. The van der Waals surface area contributed by atoms with Gasteiger partial charge in [-0.25, -0.2) is 4.98 Å². The molecule has 0 amide bonds. The molecule has 106 valence electrons. The molecule has 0 unspecified atom stereocenters. The number of H-pyrrole nitrogens is 1. The third-order valence-electron chi connectivity index (χ3n) is 3.37. The summed E-state index contributed by atoms with van der Waals surface area (Å²) in [6, 6.07) is 0. The van der Waals surface area contributed by atoms with Crippen molar-refractivity contribution >= 4 is 17.7 Å². The Labute approximate surface area is 117 Å². The zero-order chi connectivity index (χ0) is 13.5. The lowest BCUT2D eigenvalue weighted by molar-refractivity contribution is -0.143. The molecular weight excluding hydrogens is 262 g/mol. The van der Waals surface area contributed by atoms with Crippen LogP contribution >= 0.6 is 11.8 Å². The van der Waals surface area contributed by atoms with Crippen molar-refractivity contribution in [1.82, 2.24) is 15.2 Å². The van der Waals surface area contributed by atoms with E-state index in [-0.39, 0.29) is 18.0 Å². The van der Waals surface area contributed by atoms with Crippen molar-refractivity contribution in [2.24, 2.45) is 5.92 Å². The van der Waals surface area contributed by atoms with E-state index in [0.29, 0.717) is 0 Å². The molecule has 2 rings (SSSR count). The van der Waals surface area contributed by atoms with Crippen molar-refractivity contribution in [3.63, 3.8) is 0 Å². The fourth-order valence-corrected chi connectivity index (χ4v) is 3.10. The van der Waals surface area contributed by atoms with Crippen LogP contribution in [0, 0.1) is 5.92 Å². The van der Waals surface area contributed by atoms with E-state index in [2.05, 4.69) is 22.1 Å². The maximum Gasteiger partial charge on any atom is 0.309 e. The predicted octanol–water partition coefficient (Wildman–Crippen LogP) is 2.80. The normalized spacial score (nSPS) is 22.7. The first kappa shape index (κ1) is 14.4. The standard InChI is InChI=1S/C13H21N3O2S/c1-2-3-4-5-6-10-7-11(18-12(10)17)8-19-13-14-9-15-16-13/h9-11H,2-8H2,1H3,(H,14,15,16)/t10-,11-/m1/s1. The van der Waals surface area contributed by atoms with Crippen molar-refractivity contribution in [1.29, 1.82) is 0 Å². The van der Waals surface area contributed by atoms with E-state index in [9.17, 15) is 4.79 Å². The van der Waals surface area contributed by atoms with Gasteiger partial charge in [0.05, 0.1) is 5.92 Å². The summed E-state index contributed by atoms with van der Waals surface area (Å²) in [4.78, 5) is 15.8. The Bertz CT molecular complexity index is 383. The number of nitrogens with one attached hydrogen (secondary N) is 1. The Kier molecular flexibility index (Phi) is 5.69. The molecule has 6 heteroatoms. The van der Waals surface area contributed by atoms with Gasteiger partial charge in [-0.3, -0.25) is 9.89 Å². The van der Waals surface area contributed by atoms with E-state index < -0.39 is 0 Å². The average Bonchev–Trinajstić information content (AvgIpc) is 3.02. The first-order valence-corrected chi connectivity index (χ1v) is 7.96. The summed E-state index contributed by atoms with van der Waals surface area (Å²) in [5.74, 6) is 0.851. The number of rotatable bonds is 8. The van der Waals surface area contributed by atoms with Crippen molar-refractivity contribution in [2.75, 3.05) is 5.75 Å². The zero-order valence-electron chi connectivity index (χ0n) is 11.3. The zero-order valence-corrected chi connectivity index (χ0v) is 12.1. The molecule has 0 bridgehead atoms. The van der Waals surface area contributed by atoms with Gasteiger partial charge in [-0.15, -0.1) is 0 Å². The highest BCUT2D eigenvalue weighted by atomic mass is 32.2. The van der Waals surface area contributed by atoms with Crippen LogP contribution in [-0.2, 0) is 9.53 Å². The quantitative estimate of drug-likeness (QED) is 0.451. The Balaban J connectivity index is 1.66. The van der Waals surface area contributed by atoms with E-state index in [1.165, 1.54) is 25.6 Å². The summed E-state index contributed by atoms with van der Waals surface area (Å²) >= 11 is 1.55. The van der Waals surface area contributed by atoms with E-state index >= 15 is 0 Å². The van der Waals surface area contributed by atoms with Gasteiger partial charge in [0, 0.05) is 5.75 Å². The number of ether oxygens (including phenoxy) is 1. The fourth-order valence-electron chi connectivity index (χ4n) is 2.31. The van der Waals surface area contributed by atoms with Crippen molar-refractivity contribution in [3.05, 3.63) is 6.33 Å². The van der Waals surface area contributed by atoms with Crippen LogP contribution in [-0.4, -0.2) is 33.0 Å². The minimum atomic E-state index is -0.0142. The number of unbranched alkanes of at least 4 members (excludes halogenated alkanes) is 3. The van der Waals surface area contributed by atoms with E-state index in [0.717, 1.165) is 30.2 Å². The Morgan fingerprint density at radius 1 is 1.47 bits per heavy atom. The molecule has 0 radical (unpaired) electrons. The van der Waals surface area contributed by atoms with Crippen molar-refractivity contribution in [2.45, 2.75) is 56.7 Å². The third kappa shape index (κ3) is 4.53. The molecular formula is C13H21N3O2S. The predicted molar refractivity (Wildman–Crippen MR) is 73.9 cm³/mol. The van der Waals surface area contributed by atoms with Gasteiger partial charge in [-0.05, 0) is 12.8 Å². The first-order valence-electron chi connectivity index (χ1n) is 6.98. The number of carbonyl (C=O) groups is 1. The van der Waals surface area contributed by atoms with Gasteiger partial charge < -0.3 is 4.74 Å². The molecule has 5 nitrogen and oxygen atoms in total. The van der Waals surface area contributed by atoms with Crippen LogP contribution in [0.5, 0.6) is 0 Å². The summed E-state index contributed by atoms with van der Waals surface area (Å²) in [6.45, 7) is 2.20. The molecule has 19 heavy (non-hydrogen) atoms. The highest BCUT2D eigenvalue weighted by Crippen LogP contribution is 2.29. The second-order valence-corrected chi connectivity index (χ2v) is 5.95. The number of aromatic nitrogens is 3. The van der Waals surface area contributed by atoms with Gasteiger partial charge in [0.15, 0.2) is 5.16 Å². The number of hydrogen-bond acceptors (Lipinski definition) is 5. The minimum Gasteiger partial charge on any atom is -0.461 e. The van der Waals surface area contributed by atoms with E-state index in [1.54, 1.807) is 11.8 Å². The maximum atomic E-state index is 11.7. The highest BCUT2D eigenvalue weighted by molar-refractivity contribution is 7.99.